The summed E-state index contributed by atoms with van der Waals surface area (Å²) in [6, 6.07) is 3.69. The maximum Gasteiger partial charge on any atom is 0.307 e. The van der Waals surface area contributed by atoms with E-state index in [-0.39, 0.29) is 5.92 Å². The van der Waals surface area contributed by atoms with Gasteiger partial charge >= 0.3 is 5.97 Å². The Balaban J connectivity index is 1.74. The van der Waals surface area contributed by atoms with Crippen LogP contribution in [0.1, 0.15) is 18.5 Å². The van der Waals surface area contributed by atoms with Gasteiger partial charge in [0.2, 0.25) is 0 Å². The fourth-order valence-electron chi connectivity index (χ4n) is 2.72. The third-order valence-electron chi connectivity index (χ3n) is 3.71. The number of carboxylic acid groups (broad SMARTS) is 1. The molecule has 1 N–H and O–H groups in total. The number of imidazole rings is 1. The van der Waals surface area contributed by atoms with Crippen molar-refractivity contribution < 1.29 is 9.90 Å². The zero-order valence-electron chi connectivity index (χ0n) is 11.0. The van der Waals surface area contributed by atoms with Crippen molar-refractivity contribution in [1.29, 1.82) is 0 Å². The maximum atomic E-state index is 11.1. The second-order valence-electron chi connectivity index (χ2n) is 5.26. The summed E-state index contributed by atoms with van der Waals surface area (Å²) in [5.41, 5.74) is 1.80. The van der Waals surface area contributed by atoms with Crippen molar-refractivity contribution >= 4 is 23.2 Å². The lowest BCUT2D eigenvalue weighted by Gasteiger charge is -2.29. The highest BCUT2D eigenvalue weighted by molar-refractivity contribution is 6.30. The third-order valence-corrected chi connectivity index (χ3v) is 3.93. The van der Waals surface area contributed by atoms with Crippen molar-refractivity contribution in [2.45, 2.75) is 19.4 Å². The van der Waals surface area contributed by atoms with E-state index in [9.17, 15) is 4.79 Å². The molecule has 0 spiro atoms. The SMILES string of the molecule is O=C(O)[C@@H]1CCCN(Cc2cn3cc(Cl)ccc3n2)C1. The van der Waals surface area contributed by atoms with Crippen LogP contribution in [0.5, 0.6) is 0 Å². The molecule has 3 heterocycles. The Morgan fingerprint density at radius 2 is 2.30 bits per heavy atom. The number of hydrogen-bond donors (Lipinski definition) is 1. The zero-order valence-corrected chi connectivity index (χ0v) is 11.8. The summed E-state index contributed by atoms with van der Waals surface area (Å²) in [5, 5.41) is 9.78. The van der Waals surface area contributed by atoms with E-state index in [1.165, 1.54) is 0 Å². The normalized spacial score (nSPS) is 20.4. The van der Waals surface area contributed by atoms with E-state index in [0.717, 1.165) is 30.7 Å². The molecule has 0 aliphatic carbocycles. The molecule has 3 rings (SSSR count). The Morgan fingerprint density at radius 1 is 1.45 bits per heavy atom. The molecule has 0 bridgehead atoms. The maximum absolute atomic E-state index is 11.1. The molecule has 1 saturated heterocycles. The van der Waals surface area contributed by atoms with E-state index in [1.54, 1.807) is 0 Å². The van der Waals surface area contributed by atoms with Gasteiger partial charge in [0.05, 0.1) is 16.6 Å². The number of pyridine rings is 1. The number of likely N-dealkylation sites (tertiary alicyclic amines) is 1. The van der Waals surface area contributed by atoms with Crippen molar-refractivity contribution in [3.05, 3.63) is 35.2 Å². The Bertz CT molecular complexity index is 640. The monoisotopic (exact) mass is 293 g/mol. The molecule has 1 fully saturated rings. The minimum Gasteiger partial charge on any atom is -0.481 e. The van der Waals surface area contributed by atoms with Crippen LogP contribution >= 0.6 is 11.6 Å². The summed E-state index contributed by atoms with van der Waals surface area (Å²) in [6.45, 7) is 2.21. The molecule has 20 heavy (non-hydrogen) atoms. The van der Waals surface area contributed by atoms with Crippen molar-refractivity contribution in [3.63, 3.8) is 0 Å². The van der Waals surface area contributed by atoms with Crippen LogP contribution in [0.25, 0.3) is 5.65 Å². The van der Waals surface area contributed by atoms with E-state index in [2.05, 4.69) is 9.88 Å². The van der Waals surface area contributed by atoms with Crippen LogP contribution in [0, 0.1) is 5.92 Å². The number of aliphatic carboxylic acids is 1. The van der Waals surface area contributed by atoms with Gasteiger partial charge in [-0.3, -0.25) is 9.69 Å². The van der Waals surface area contributed by atoms with Gasteiger partial charge in [-0.1, -0.05) is 11.6 Å². The van der Waals surface area contributed by atoms with E-state index < -0.39 is 5.97 Å². The second kappa shape index (κ2) is 5.42. The van der Waals surface area contributed by atoms with Crippen LogP contribution < -0.4 is 0 Å². The van der Waals surface area contributed by atoms with Crippen LogP contribution in [-0.2, 0) is 11.3 Å². The number of carboxylic acids is 1. The molecule has 106 valence electrons. The molecule has 1 atom stereocenters. The topological polar surface area (TPSA) is 57.8 Å². The summed E-state index contributed by atoms with van der Waals surface area (Å²) in [6.07, 6.45) is 5.47. The highest BCUT2D eigenvalue weighted by atomic mass is 35.5. The lowest BCUT2D eigenvalue weighted by atomic mass is 9.98. The zero-order chi connectivity index (χ0) is 14.1. The summed E-state index contributed by atoms with van der Waals surface area (Å²) in [4.78, 5) is 17.8. The molecular formula is C14H16ClN3O2. The van der Waals surface area contributed by atoms with Crippen molar-refractivity contribution in [2.75, 3.05) is 13.1 Å². The first-order valence-electron chi connectivity index (χ1n) is 6.70. The van der Waals surface area contributed by atoms with Crippen LogP contribution in [-0.4, -0.2) is 38.4 Å². The van der Waals surface area contributed by atoms with Crippen LogP contribution in [0.2, 0.25) is 5.02 Å². The number of aromatic nitrogens is 2. The van der Waals surface area contributed by atoms with Crippen molar-refractivity contribution in [2.24, 2.45) is 5.92 Å². The highest BCUT2D eigenvalue weighted by Gasteiger charge is 2.25. The average Bonchev–Trinajstić information content (AvgIpc) is 2.80. The van der Waals surface area contributed by atoms with E-state index in [4.69, 9.17) is 16.7 Å². The van der Waals surface area contributed by atoms with Crippen LogP contribution in [0.3, 0.4) is 0 Å². The van der Waals surface area contributed by atoms with Crippen LogP contribution in [0.4, 0.5) is 0 Å². The number of carbonyl (C=O) groups is 1. The number of nitrogens with zero attached hydrogens (tertiary/aromatic N) is 3. The first-order chi connectivity index (χ1) is 9.61. The lowest BCUT2D eigenvalue weighted by molar-refractivity contribution is -0.143. The van der Waals surface area contributed by atoms with Gasteiger partial charge in [-0.05, 0) is 31.5 Å². The Morgan fingerprint density at radius 3 is 3.10 bits per heavy atom. The summed E-state index contributed by atoms with van der Waals surface area (Å²) >= 11 is 5.95. The Labute approximate surface area is 121 Å². The van der Waals surface area contributed by atoms with Gasteiger partial charge in [-0.25, -0.2) is 4.98 Å². The summed E-state index contributed by atoms with van der Waals surface area (Å²) in [5.74, 6) is -0.952. The molecule has 0 unspecified atom stereocenters. The number of rotatable bonds is 3. The lowest BCUT2D eigenvalue weighted by Crippen LogP contribution is -2.38. The van der Waals surface area contributed by atoms with Gasteiger partial charge in [0, 0.05) is 25.5 Å². The van der Waals surface area contributed by atoms with Gasteiger partial charge in [-0.15, -0.1) is 0 Å². The average molecular weight is 294 g/mol. The van der Waals surface area contributed by atoms with Gasteiger partial charge in [0.1, 0.15) is 5.65 Å². The quantitative estimate of drug-likeness (QED) is 0.943. The standard InChI is InChI=1S/C14H16ClN3O2/c15-11-3-4-13-16-12(9-18(13)7-11)8-17-5-1-2-10(6-17)14(19)20/h3-4,7,9-10H,1-2,5-6,8H2,(H,19,20)/t10-/m1/s1. The van der Waals surface area contributed by atoms with Crippen LogP contribution in [0.15, 0.2) is 24.5 Å². The molecule has 2 aromatic rings. The first kappa shape index (κ1) is 13.4. The van der Waals surface area contributed by atoms with Gasteiger partial charge in [0.25, 0.3) is 0 Å². The molecule has 0 radical (unpaired) electrons. The van der Waals surface area contributed by atoms with Crippen molar-refractivity contribution in [1.82, 2.24) is 14.3 Å². The molecule has 0 aromatic carbocycles. The number of fused-ring (bicyclic) bond motifs is 1. The summed E-state index contributed by atoms with van der Waals surface area (Å²) in [7, 11) is 0. The number of hydrogen-bond acceptors (Lipinski definition) is 3. The Kier molecular flexibility index (Phi) is 3.63. The molecule has 0 saturated carbocycles. The molecule has 1 aliphatic rings. The first-order valence-corrected chi connectivity index (χ1v) is 7.08. The molecule has 6 heteroatoms. The molecule has 1 aliphatic heterocycles. The van der Waals surface area contributed by atoms with Gasteiger partial charge in [-0.2, -0.15) is 0 Å². The van der Waals surface area contributed by atoms with Crippen molar-refractivity contribution in [3.8, 4) is 0 Å². The Hall–Kier alpha value is -1.59. The van der Waals surface area contributed by atoms with Gasteiger partial charge < -0.3 is 9.51 Å². The predicted molar refractivity (Wildman–Crippen MR) is 75.8 cm³/mol. The molecule has 2 aromatic heterocycles. The van der Waals surface area contributed by atoms with E-state index in [0.29, 0.717) is 18.1 Å². The second-order valence-corrected chi connectivity index (χ2v) is 5.69. The minimum absolute atomic E-state index is 0.254. The minimum atomic E-state index is -0.698. The number of halogens is 1. The summed E-state index contributed by atoms with van der Waals surface area (Å²) < 4.78 is 1.90. The van der Waals surface area contributed by atoms with Gasteiger partial charge in [0.15, 0.2) is 0 Å². The third kappa shape index (κ3) is 2.78. The molecule has 5 nitrogen and oxygen atoms in total. The number of piperidine rings is 1. The predicted octanol–water partition coefficient (Wildman–Crippen LogP) is 2.28. The molecular weight excluding hydrogens is 278 g/mol. The van der Waals surface area contributed by atoms with E-state index >= 15 is 0 Å². The fourth-order valence-corrected chi connectivity index (χ4v) is 2.89. The molecule has 0 amide bonds. The smallest absolute Gasteiger partial charge is 0.307 e. The largest absolute Gasteiger partial charge is 0.481 e. The highest BCUT2D eigenvalue weighted by Crippen LogP contribution is 2.19. The fraction of sp³-hybridized carbons (Fsp3) is 0.429. The van der Waals surface area contributed by atoms with E-state index in [1.807, 2.05) is 28.9 Å².